The Morgan fingerprint density at radius 3 is 2.28 bits per heavy atom. The molecular weight excluding hydrogens is 456 g/mol. The number of piperazine rings is 1. The zero-order valence-corrected chi connectivity index (χ0v) is 18.5. The van der Waals surface area contributed by atoms with E-state index in [1.165, 1.54) is 4.31 Å². The first-order valence-corrected chi connectivity index (χ1v) is 11.5. The fourth-order valence-corrected chi connectivity index (χ4v) is 4.70. The Hall–Kier alpha value is -2.07. The fourth-order valence-electron chi connectivity index (χ4n) is 3.01. The SMILES string of the molecule is CC(=NNC(=O)CN1CCN(S(=O)(=O)c2ccc(Br)cc2)CC1)c1ccccc1. The Kier molecular flexibility index (Phi) is 7.18. The molecule has 1 aliphatic rings. The third-order valence-electron chi connectivity index (χ3n) is 4.69. The summed E-state index contributed by atoms with van der Waals surface area (Å²) >= 11 is 3.31. The van der Waals surface area contributed by atoms with Gasteiger partial charge in [0.2, 0.25) is 10.0 Å². The van der Waals surface area contributed by atoms with E-state index in [1.807, 2.05) is 42.2 Å². The van der Waals surface area contributed by atoms with Crippen LogP contribution in [-0.2, 0) is 14.8 Å². The van der Waals surface area contributed by atoms with Crippen molar-refractivity contribution in [3.05, 3.63) is 64.6 Å². The number of hydrogen-bond donors (Lipinski definition) is 1. The summed E-state index contributed by atoms with van der Waals surface area (Å²) in [6.45, 7) is 3.68. The summed E-state index contributed by atoms with van der Waals surface area (Å²) in [5, 5.41) is 4.14. The van der Waals surface area contributed by atoms with E-state index in [0.29, 0.717) is 26.2 Å². The molecule has 1 amide bonds. The van der Waals surface area contributed by atoms with Crippen molar-refractivity contribution in [2.75, 3.05) is 32.7 Å². The molecule has 1 aliphatic heterocycles. The number of carbonyl (C=O) groups excluding carboxylic acids is 1. The molecule has 0 saturated carbocycles. The molecule has 154 valence electrons. The molecule has 2 aromatic carbocycles. The molecule has 0 atom stereocenters. The quantitative estimate of drug-likeness (QED) is 0.509. The van der Waals surface area contributed by atoms with Gasteiger partial charge in [0, 0.05) is 30.7 Å². The van der Waals surface area contributed by atoms with Crippen LogP contribution in [0.5, 0.6) is 0 Å². The molecule has 2 aromatic rings. The number of hydrogen-bond acceptors (Lipinski definition) is 5. The van der Waals surface area contributed by atoms with E-state index < -0.39 is 10.0 Å². The third-order valence-corrected chi connectivity index (χ3v) is 7.13. The predicted octanol–water partition coefficient (Wildman–Crippen LogP) is 2.30. The number of carbonyl (C=O) groups is 1. The van der Waals surface area contributed by atoms with E-state index in [-0.39, 0.29) is 17.3 Å². The zero-order valence-electron chi connectivity index (χ0n) is 16.1. The summed E-state index contributed by atoms with van der Waals surface area (Å²) in [5.41, 5.74) is 4.24. The highest BCUT2D eigenvalue weighted by Crippen LogP contribution is 2.20. The van der Waals surface area contributed by atoms with Crippen molar-refractivity contribution in [3.8, 4) is 0 Å². The van der Waals surface area contributed by atoms with E-state index in [1.54, 1.807) is 24.3 Å². The highest BCUT2D eigenvalue weighted by Gasteiger charge is 2.28. The van der Waals surface area contributed by atoms with Crippen LogP contribution in [0.15, 0.2) is 69.1 Å². The van der Waals surface area contributed by atoms with Crippen LogP contribution in [0.25, 0.3) is 0 Å². The molecule has 1 saturated heterocycles. The van der Waals surface area contributed by atoms with Crippen molar-refractivity contribution in [1.29, 1.82) is 0 Å². The largest absolute Gasteiger partial charge is 0.292 e. The smallest absolute Gasteiger partial charge is 0.254 e. The first kappa shape index (κ1) is 21.6. The van der Waals surface area contributed by atoms with Crippen molar-refractivity contribution >= 4 is 37.6 Å². The van der Waals surface area contributed by atoms with Crippen LogP contribution in [0.2, 0.25) is 0 Å². The van der Waals surface area contributed by atoms with Crippen LogP contribution < -0.4 is 5.43 Å². The maximum atomic E-state index is 12.7. The fraction of sp³-hybridized carbons (Fsp3) is 0.300. The van der Waals surface area contributed by atoms with E-state index in [0.717, 1.165) is 15.7 Å². The van der Waals surface area contributed by atoms with Gasteiger partial charge in [0.1, 0.15) is 0 Å². The van der Waals surface area contributed by atoms with Gasteiger partial charge in [-0.1, -0.05) is 46.3 Å². The monoisotopic (exact) mass is 478 g/mol. The Bertz CT molecular complexity index is 971. The predicted molar refractivity (Wildman–Crippen MR) is 116 cm³/mol. The number of rotatable bonds is 6. The van der Waals surface area contributed by atoms with E-state index in [2.05, 4.69) is 26.5 Å². The van der Waals surface area contributed by atoms with Gasteiger partial charge in [-0.15, -0.1) is 0 Å². The van der Waals surface area contributed by atoms with Crippen molar-refractivity contribution in [2.45, 2.75) is 11.8 Å². The van der Waals surface area contributed by atoms with Gasteiger partial charge in [-0.2, -0.15) is 9.41 Å². The molecule has 7 nitrogen and oxygen atoms in total. The summed E-state index contributed by atoms with van der Waals surface area (Å²) in [5.74, 6) is -0.218. The summed E-state index contributed by atoms with van der Waals surface area (Å²) < 4.78 is 27.8. The summed E-state index contributed by atoms with van der Waals surface area (Å²) in [6.07, 6.45) is 0. The van der Waals surface area contributed by atoms with Gasteiger partial charge in [-0.3, -0.25) is 9.69 Å². The van der Waals surface area contributed by atoms with Crippen LogP contribution in [0.3, 0.4) is 0 Å². The molecule has 29 heavy (non-hydrogen) atoms. The summed E-state index contributed by atoms with van der Waals surface area (Å²) in [4.78, 5) is 14.4. The summed E-state index contributed by atoms with van der Waals surface area (Å²) in [6, 6.07) is 16.2. The van der Waals surface area contributed by atoms with E-state index in [4.69, 9.17) is 0 Å². The lowest BCUT2D eigenvalue weighted by Gasteiger charge is -2.33. The standard InChI is InChI=1S/C20H23BrN4O3S/c1-16(17-5-3-2-4-6-17)22-23-20(26)15-24-11-13-25(14-12-24)29(27,28)19-9-7-18(21)8-10-19/h2-10H,11-15H2,1H3,(H,23,26). The first-order valence-electron chi connectivity index (χ1n) is 9.23. The van der Waals surface area contributed by atoms with Gasteiger partial charge < -0.3 is 0 Å². The number of nitrogens with zero attached hydrogens (tertiary/aromatic N) is 3. The van der Waals surface area contributed by atoms with Gasteiger partial charge >= 0.3 is 0 Å². The zero-order chi connectivity index (χ0) is 20.9. The van der Waals surface area contributed by atoms with Crippen LogP contribution >= 0.6 is 15.9 Å². The minimum Gasteiger partial charge on any atom is -0.292 e. The molecule has 0 aromatic heterocycles. The lowest BCUT2D eigenvalue weighted by Crippen LogP contribution is -2.50. The van der Waals surface area contributed by atoms with Gasteiger partial charge in [0.15, 0.2) is 0 Å². The Morgan fingerprint density at radius 1 is 1.03 bits per heavy atom. The van der Waals surface area contributed by atoms with Gasteiger partial charge in [0.05, 0.1) is 17.2 Å². The molecule has 1 fully saturated rings. The van der Waals surface area contributed by atoms with Crippen molar-refractivity contribution in [3.63, 3.8) is 0 Å². The highest BCUT2D eigenvalue weighted by molar-refractivity contribution is 9.10. The third kappa shape index (κ3) is 5.72. The molecule has 1 heterocycles. The van der Waals surface area contributed by atoms with Crippen LogP contribution in [0, 0.1) is 0 Å². The lowest BCUT2D eigenvalue weighted by molar-refractivity contribution is -0.122. The second kappa shape index (κ2) is 9.62. The number of nitrogens with one attached hydrogen (secondary N) is 1. The first-order chi connectivity index (χ1) is 13.9. The number of sulfonamides is 1. The molecule has 0 radical (unpaired) electrons. The topological polar surface area (TPSA) is 82.1 Å². The van der Waals surface area contributed by atoms with Crippen molar-refractivity contribution in [1.82, 2.24) is 14.6 Å². The van der Waals surface area contributed by atoms with Crippen molar-refractivity contribution in [2.24, 2.45) is 5.10 Å². The van der Waals surface area contributed by atoms with Crippen molar-refractivity contribution < 1.29 is 13.2 Å². The van der Waals surface area contributed by atoms with Crippen LogP contribution in [0.4, 0.5) is 0 Å². The number of hydrazone groups is 1. The molecule has 1 N–H and O–H groups in total. The molecule has 9 heteroatoms. The normalized spacial score (nSPS) is 16.6. The Labute approximate surface area is 179 Å². The number of halogens is 1. The van der Waals surface area contributed by atoms with Crippen LogP contribution in [-0.4, -0.2) is 62.0 Å². The average molecular weight is 479 g/mol. The van der Waals surface area contributed by atoms with E-state index >= 15 is 0 Å². The molecular formula is C20H23BrN4O3S. The molecule has 0 spiro atoms. The van der Waals surface area contributed by atoms with Crippen LogP contribution in [0.1, 0.15) is 12.5 Å². The molecule has 3 rings (SSSR count). The van der Waals surface area contributed by atoms with Gasteiger partial charge in [-0.05, 0) is 36.8 Å². The van der Waals surface area contributed by atoms with Gasteiger partial charge in [-0.25, -0.2) is 13.8 Å². The second-order valence-electron chi connectivity index (χ2n) is 6.73. The Balaban J connectivity index is 1.50. The minimum absolute atomic E-state index is 0.178. The minimum atomic E-state index is -3.52. The number of benzene rings is 2. The maximum Gasteiger partial charge on any atom is 0.254 e. The van der Waals surface area contributed by atoms with E-state index in [9.17, 15) is 13.2 Å². The second-order valence-corrected chi connectivity index (χ2v) is 9.59. The Morgan fingerprint density at radius 2 is 1.66 bits per heavy atom. The highest BCUT2D eigenvalue weighted by atomic mass is 79.9. The number of amides is 1. The molecule has 0 bridgehead atoms. The maximum absolute atomic E-state index is 12.7. The molecule has 0 unspecified atom stereocenters. The lowest BCUT2D eigenvalue weighted by atomic mass is 10.1. The summed E-state index contributed by atoms with van der Waals surface area (Å²) in [7, 11) is -3.52. The van der Waals surface area contributed by atoms with Gasteiger partial charge in [0.25, 0.3) is 5.91 Å². The average Bonchev–Trinajstić information content (AvgIpc) is 2.73. The molecule has 0 aliphatic carbocycles.